The summed E-state index contributed by atoms with van der Waals surface area (Å²) in [6, 6.07) is 0. The fraction of sp³-hybridized carbons (Fsp3) is 0.684. The van der Waals surface area contributed by atoms with Crippen LogP contribution in [0, 0.1) is 0 Å². The molecule has 8 heteroatoms. The minimum atomic E-state index is -1.28. The molecule has 1 fully saturated rings. The van der Waals surface area contributed by atoms with E-state index in [-0.39, 0.29) is 0 Å². The topological polar surface area (TPSA) is 79.5 Å². The molecule has 1 saturated heterocycles. The Bertz CT molecular complexity index is 729. The Labute approximate surface area is 163 Å². The summed E-state index contributed by atoms with van der Waals surface area (Å²) in [7, 11) is 0. The zero-order valence-electron chi connectivity index (χ0n) is 15.9. The summed E-state index contributed by atoms with van der Waals surface area (Å²) in [6.45, 7) is 5.67. The number of hydrogen-bond acceptors (Lipinski definition) is 7. The Kier molecular flexibility index (Phi) is 7.34. The van der Waals surface area contributed by atoms with Crippen LogP contribution in [0.2, 0.25) is 0 Å². The molecule has 3 heterocycles. The molecule has 6 nitrogen and oxygen atoms in total. The summed E-state index contributed by atoms with van der Waals surface area (Å²) in [5.41, 5.74) is 7.27. The van der Waals surface area contributed by atoms with E-state index in [4.69, 9.17) is 19.9 Å². The lowest BCUT2D eigenvalue weighted by Crippen LogP contribution is -2.34. The van der Waals surface area contributed by atoms with Crippen LogP contribution in [0.1, 0.15) is 51.2 Å². The van der Waals surface area contributed by atoms with Crippen LogP contribution in [0.25, 0.3) is 10.2 Å². The van der Waals surface area contributed by atoms with E-state index in [0.717, 1.165) is 30.4 Å². The van der Waals surface area contributed by atoms with Gasteiger partial charge in [0.25, 0.3) is 0 Å². The van der Waals surface area contributed by atoms with Crippen LogP contribution < -0.4 is 5.73 Å². The summed E-state index contributed by atoms with van der Waals surface area (Å²) < 4.78 is 33.7. The van der Waals surface area contributed by atoms with E-state index in [0.29, 0.717) is 36.7 Å². The number of fused-ring (bicyclic) bond motifs is 1. The normalized spacial score (nSPS) is 25.4. The molecule has 2 aromatic rings. The minimum absolute atomic E-state index is 0.326. The molecule has 27 heavy (non-hydrogen) atoms. The molecule has 0 amide bonds. The van der Waals surface area contributed by atoms with Crippen molar-refractivity contribution in [1.82, 2.24) is 9.97 Å². The highest BCUT2D eigenvalue weighted by molar-refractivity contribution is 7.17. The minimum Gasteiger partial charge on any atom is -0.382 e. The summed E-state index contributed by atoms with van der Waals surface area (Å²) >= 11 is 1.41. The number of nitrogens with two attached hydrogens (primary N) is 1. The maximum atomic E-state index is 15.3. The fourth-order valence-electron chi connectivity index (χ4n) is 3.20. The number of nitrogens with zero attached hydrogens (tertiary/aromatic N) is 2. The predicted octanol–water partition coefficient (Wildman–Crippen LogP) is 4.05. The smallest absolute Gasteiger partial charge is 0.159 e. The molecule has 0 saturated carbocycles. The molecule has 0 aliphatic carbocycles. The number of aromatic nitrogens is 2. The highest BCUT2D eigenvalue weighted by atomic mass is 32.1. The lowest BCUT2D eigenvalue weighted by molar-refractivity contribution is -0.0666. The van der Waals surface area contributed by atoms with Gasteiger partial charge in [0.1, 0.15) is 30.5 Å². The van der Waals surface area contributed by atoms with E-state index in [1.54, 1.807) is 0 Å². The first kappa shape index (κ1) is 20.4. The summed E-state index contributed by atoms with van der Waals surface area (Å²) in [5.74, 6) is 0.403. The zero-order valence-corrected chi connectivity index (χ0v) is 16.7. The van der Waals surface area contributed by atoms with Gasteiger partial charge in [-0.25, -0.2) is 14.4 Å². The van der Waals surface area contributed by atoms with Gasteiger partial charge in [0.05, 0.1) is 16.8 Å². The largest absolute Gasteiger partial charge is 0.382 e. The summed E-state index contributed by atoms with van der Waals surface area (Å²) in [6.07, 6.45) is 2.22. The van der Waals surface area contributed by atoms with E-state index in [2.05, 4.69) is 23.8 Å². The molecule has 1 aliphatic heterocycles. The van der Waals surface area contributed by atoms with Crippen LogP contribution in [-0.2, 0) is 14.2 Å². The molecule has 2 N–H and O–H groups in total. The van der Waals surface area contributed by atoms with E-state index in [9.17, 15) is 0 Å². The molecule has 1 aliphatic rings. The van der Waals surface area contributed by atoms with Crippen molar-refractivity contribution in [3.63, 3.8) is 0 Å². The lowest BCUT2D eigenvalue weighted by atomic mass is 10.0. The van der Waals surface area contributed by atoms with Gasteiger partial charge in [-0.3, -0.25) is 0 Å². The molecule has 4 atom stereocenters. The number of unbranched alkanes of at least 4 members (excludes halogenated alkanes) is 2. The second-order valence-electron chi connectivity index (χ2n) is 6.78. The van der Waals surface area contributed by atoms with Gasteiger partial charge in [0.15, 0.2) is 6.17 Å². The van der Waals surface area contributed by atoms with E-state index < -0.39 is 24.5 Å². The number of thiophene rings is 1. The molecule has 0 aromatic carbocycles. The molecule has 0 spiro atoms. The Balaban J connectivity index is 1.77. The standard InChI is InChI=1S/C19H28FN3O3S/c1-3-5-7-24-9-13-17(25-8-6-4-2)14(20)16(26-13)12-10-27-18-15(12)22-11-23-19(18)21/h10-11,13-14,16-17H,3-9H2,1-2H3,(H2,21,22,23)/t13-,14+,16+,17-/m1/s1. The van der Waals surface area contributed by atoms with E-state index in [1.807, 2.05) is 5.38 Å². The van der Waals surface area contributed by atoms with Crippen LogP contribution in [-0.4, -0.2) is 48.2 Å². The van der Waals surface area contributed by atoms with Crippen molar-refractivity contribution in [2.45, 2.75) is 64.0 Å². The third-order valence-corrected chi connectivity index (χ3v) is 5.75. The zero-order chi connectivity index (χ0) is 19.2. The predicted molar refractivity (Wildman–Crippen MR) is 105 cm³/mol. The van der Waals surface area contributed by atoms with Gasteiger partial charge in [-0.2, -0.15) is 0 Å². The van der Waals surface area contributed by atoms with E-state index >= 15 is 4.39 Å². The Morgan fingerprint density at radius 3 is 2.78 bits per heavy atom. The van der Waals surface area contributed by atoms with Crippen LogP contribution in [0.15, 0.2) is 11.7 Å². The van der Waals surface area contributed by atoms with Crippen molar-refractivity contribution in [2.75, 3.05) is 25.6 Å². The van der Waals surface area contributed by atoms with Gasteiger partial charge in [-0.1, -0.05) is 26.7 Å². The number of ether oxygens (including phenoxy) is 3. The van der Waals surface area contributed by atoms with Crippen molar-refractivity contribution in [2.24, 2.45) is 0 Å². The molecule has 0 bridgehead atoms. The molecule has 150 valence electrons. The maximum Gasteiger partial charge on any atom is 0.159 e. The number of halogens is 1. The van der Waals surface area contributed by atoms with Crippen molar-refractivity contribution in [1.29, 1.82) is 0 Å². The van der Waals surface area contributed by atoms with Crippen molar-refractivity contribution < 1.29 is 18.6 Å². The first-order chi connectivity index (χ1) is 13.2. The van der Waals surface area contributed by atoms with E-state index in [1.165, 1.54) is 17.7 Å². The van der Waals surface area contributed by atoms with Gasteiger partial charge in [0, 0.05) is 18.8 Å². The molecule has 0 radical (unpaired) electrons. The highest BCUT2D eigenvalue weighted by Crippen LogP contribution is 2.42. The van der Waals surface area contributed by atoms with Gasteiger partial charge in [-0.05, 0) is 18.2 Å². The second kappa shape index (κ2) is 9.73. The molecule has 3 rings (SSSR count). The number of anilines is 1. The fourth-order valence-corrected chi connectivity index (χ4v) is 4.14. The number of nitrogen functional groups attached to an aromatic ring is 1. The van der Waals surface area contributed by atoms with Gasteiger partial charge >= 0.3 is 0 Å². The first-order valence-corrected chi connectivity index (χ1v) is 10.5. The Morgan fingerprint density at radius 2 is 2.00 bits per heavy atom. The number of alkyl halides is 1. The van der Waals surface area contributed by atoms with Crippen LogP contribution in [0.5, 0.6) is 0 Å². The van der Waals surface area contributed by atoms with Crippen LogP contribution >= 0.6 is 11.3 Å². The highest BCUT2D eigenvalue weighted by Gasteiger charge is 2.47. The molecule has 2 aromatic heterocycles. The average molecular weight is 398 g/mol. The van der Waals surface area contributed by atoms with Gasteiger partial charge in [-0.15, -0.1) is 11.3 Å². The molecule has 0 unspecified atom stereocenters. The van der Waals surface area contributed by atoms with Crippen molar-refractivity contribution >= 4 is 27.4 Å². The third kappa shape index (κ3) is 4.56. The Morgan fingerprint density at radius 1 is 1.22 bits per heavy atom. The quantitative estimate of drug-likeness (QED) is 0.609. The average Bonchev–Trinajstić information content (AvgIpc) is 3.22. The maximum absolute atomic E-state index is 15.3. The molecular weight excluding hydrogens is 369 g/mol. The van der Waals surface area contributed by atoms with Crippen LogP contribution in [0.4, 0.5) is 10.2 Å². The number of hydrogen-bond donors (Lipinski definition) is 1. The van der Waals surface area contributed by atoms with Crippen LogP contribution in [0.3, 0.4) is 0 Å². The SMILES string of the molecule is CCCCOC[C@H]1O[C@@H](c2csc3c(N)ncnc23)[C@H](F)[C@@H]1OCCCC. The lowest BCUT2D eigenvalue weighted by Gasteiger charge is -2.20. The Hall–Kier alpha value is -1.35. The summed E-state index contributed by atoms with van der Waals surface area (Å²) in [5, 5.41) is 1.86. The van der Waals surface area contributed by atoms with Gasteiger partial charge < -0.3 is 19.9 Å². The second-order valence-corrected chi connectivity index (χ2v) is 7.66. The third-order valence-electron chi connectivity index (χ3n) is 4.74. The monoisotopic (exact) mass is 397 g/mol. The molecular formula is C19H28FN3O3S. The van der Waals surface area contributed by atoms with Crippen molar-refractivity contribution in [3.8, 4) is 0 Å². The van der Waals surface area contributed by atoms with Gasteiger partial charge in [0.2, 0.25) is 0 Å². The first-order valence-electron chi connectivity index (χ1n) is 9.63. The van der Waals surface area contributed by atoms with Crippen molar-refractivity contribution in [3.05, 3.63) is 17.3 Å². The summed E-state index contributed by atoms with van der Waals surface area (Å²) in [4.78, 5) is 8.30. The number of rotatable bonds is 10.